The molecule has 1 N–H and O–H groups in total. The fraction of sp³-hybridized carbons (Fsp3) is 0.600. The lowest BCUT2D eigenvalue weighted by Crippen LogP contribution is -2.48. The Balaban J connectivity index is 1.99. The summed E-state index contributed by atoms with van der Waals surface area (Å²) in [6, 6.07) is 6.88. The number of anilines is 1. The van der Waals surface area contributed by atoms with Crippen molar-refractivity contribution < 1.29 is 0 Å². The Morgan fingerprint density at radius 2 is 2.26 bits per heavy atom. The zero-order valence-corrected chi connectivity index (χ0v) is 14.0. The molecule has 2 atom stereocenters. The standard InChI is InChI=1S/C15H22BrClN2/c1-3-7-18-15-6-8-19(10-11(15)2)12-4-5-13(16)14(17)9-12/h4-5,9,11,15,18H,3,6-8,10H2,1-2H3. The van der Waals surface area contributed by atoms with Crippen molar-refractivity contribution in [2.45, 2.75) is 32.7 Å². The molecule has 1 aromatic rings. The number of benzene rings is 1. The molecule has 1 aliphatic rings. The van der Waals surface area contributed by atoms with E-state index in [2.05, 4.69) is 52.1 Å². The molecule has 0 amide bonds. The van der Waals surface area contributed by atoms with Gasteiger partial charge in [-0.15, -0.1) is 0 Å². The van der Waals surface area contributed by atoms with Gasteiger partial charge in [0.25, 0.3) is 0 Å². The maximum absolute atomic E-state index is 6.18. The van der Waals surface area contributed by atoms with Crippen molar-refractivity contribution in [3.05, 3.63) is 27.7 Å². The summed E-state index contributed by atoms with van der Waals surface area (Å²) in [6.45, 7) is 7.87. The van der Waals surface area contributed by atoms with Crippen LogP contribution >= 0.6 is 27.5 Å². The van der Waals surface area contributed by atoms with Crippen LogP contribution in [0.25, 0.3) is 0 Å². The Morgan fingerprint density at radius 1 is 1.47 bits per heavy atom. The second kappa shape index (κ2) is 6.96. The van der Waals surface area contributed by atoms with Gasteiger partial charge in [-0.2, -0.15) is 0 Å². The van der Waals surface area contributed by atoms with Crippen molar-refractivity contribution in [1.29, 1.82) is 0 Å². The van der Waals surface area contributed by atoms with Crippen LogP contribution in [0.1, 0.15) is 26.7 Å². The Labute approximate surface area is 129 Å². The topological polar surface area (TPSA) is 15.3 Å². The van der Waals surface area contributed by atoms with Gasteiger partial charge in [0.1, 0.15) is 0 Å². The number of nitrogens with zero attached hydrogens (tertiary/aromatic N) is 1. The molecule has 1 aromatic carbocycles. The van der Waals surface area contributed by atoms with Crippen LogP contribution in [0.4, 0.5) is 5.69 Å². The van der Waals surface area contributed by atoms with Gasteiger partial charge < -0.3 is 10.2 Å². The summed E-state index contributed by atoms with van der Waals surface area (Å²) in [6.07, 6.45) is 2.41. The largest absolute Gasteiger partial charge is 0.371 e. The van der Waals surface area contributed by atoms with Crippen molar-refractivity contribution in [2.75, 3.05) is 24.5 Å². The van der Waals surface area contributed by atoms with Crippen LogP contribution in [0, 0.1) is 5.92 Å². The second-order valence-corrected chi connectivity index (χ2v) is 6.63. The van der Waals surface area contributed by atoms with E-state index < -0.39 is 0 Å². The van der Waals surface area contributed by atoms with Crippen molar-refractivity contribution >= 4 is 33.2 Å². The highest BCUT2D eigenvalue weighted by molar-refractivity contribution is 9.10. The summed E-state index contributed by atoms with van der Waals surface area (Å²) in [4.78, 5) is 2.44. The third-order valence-corrected chi connectivity index (χ3v) is 5.06. The molecule has 1 heterocycles. The van der Waals surface area contributed by atoms with Crippen LogP contribution in [0.15, 0.2) is 22.7 Å². The minimum Gasteiger partial charge on any atom is -0.371 e. The number of rotatable bonds is 4. The van der Waals surface area contributed by atoms with Crippen LogP contribution in [-0.2, 0) is 0 Å². The number of hydrogen-bond donors (Lipinski definition) is 1. The summed E-state index contributed by atoms with van der Waals surface area (Å²) in [5, 5.41) is 4.44. The highest BCUT2D eigenvalue weighted by Crippen LogP contribution is 2.30. The van der Waals surface area contributed by atoms with Gasteiger partial charge in [-0.3, -0.25) is 0 Å². The minimum atomic E-state index is 0.655. The molecule has 4 heteroatoms. The van der Waals surface area contributed by atoms with Crippen LogP contribution in [0.3, 0.4) is 0 Å². The number of piperidine rings is 1. The monoisotopic (exact) mass is 344 g/mol. The van der Waals surface area contributed by atoms with Gasteiger partial charge in [-0.1, -0.05) is 25.4 Å². The van der Waals surface area contributed by atoms with Gasteiger partial charge in [0.2, 0.25) is 0 Å². The molecule has 0 aliphatic carbocycles. The summed E-state index contributed by atoms with van der Waals surface area (Å²) in [7, 11) is 0. The Kier molecular flexibility index (Phi) is 5.55. The molecule has 1 aliphatic heterocycles. The predicted molar refractivity (Wildman–Crippen MR) is 87.2 cm³/mol. The van der Waals surface area contributed by atoms with Crippen molar-refractivity contribution in [3.8, 4) is 0 Å². The molecule has 2 unspecified atom stereocenters. The van der Waals surface area contributed by atoms with Crippen molar-refractivity contribution in [3.63, 3.8) is 0 Å². The maximum atomic E-state index is 6.18. The smallest absolute Gasteiger partial charge is 0.0568 e. The molecule has 0 radical (unpaired) electrons. The second-order valence-electron chi connectivity index (χ2n) is 5.37. The normalized spacial score (nSPS) is 23.7. The van der Waals surface area contributed by atoms with E-state index in [1.54, 1.807) is 0 Å². The third-order valence-electron chi connectivity index (χ3n) is 3.83. The molecule has 1 saturated heterocycles. The summed E-state index contributed by atoms with van der Waals surface area (Å²) in [5.41, 5.74) is 1.23. The number of halogens is 2. The van der Waals surface area contributed by atoms with Gasteiger partial charge in [0.15, 0.2) is 0 Å². The average Bonchev–Trinajstić information content (AvgIpc) is 2.40. The van der Waals surface area contributed by atoms with Gasteiger partial charge in [-0.25, -0.2) is 0 Å². The Bertz CT molecular complexity index is 425. The van der Waals surface area contributed by atoms with E-state index >= 15 is 0 Å². The number of nitrogens with one attached hydrogen (secondary N) is 1. The lowest BCUT2D eigenvalue weighted by molar-refractivity contribution is 0.322. The average molecular weight is 346 g/mol. The fourth-order valence-electron chi connectivity index (χ4n) is 2.69. The SMILES string of the molecule is CCCNC1CCN(c2ccc(Br)c(Cl)c2)CC1C. The van der Waals surface area contributed by atoms with Crippen LogP contribution in [0.2, 0.25) is 5.02 Å². The first kappa shape index (κ1) is 15.1. The summed E-state index contributed by atoms with van der Waals surface area (Å²) in [5.74, 6) is 0.669. The molecular weight excluding hydrogens is 324 g/mol. The van der Waals surface area contributed by atoms with Crippen molar-refractivity contribution in [1.82, 2.24) is 5.32 Å². The van der Waals surface area contributed by atoms with Gasteiger partial charge in [-0.05, 0) is 59.4 Å². The number of hydrogen-bond acceptors (Lipinski definition) is 2. The first-order valence-corrected chi connectivity index (χ1v) is 8.22. The molecule has 2 nitrogen and oxygen atoms in total. The Hall–Kier alpha value is -0.250. The summed E-state index contributed by atoms with van der Waals surface area (Å²) < 4.78 is 0.963. The minimum absolute atomic E-state index is 0.655. The van der Waals surface area contributed by atoms with Gasteiger partial charge >= 0.3 is 0 Å². The Morgan fingerprint density at radius 3 is 2.89 bits per heavy atom. The summed E-state index contributed by atoms with van der Waals surface area (Å²) >= 11 is 9.62. The zero-order valence-electron chi connectivity index (χ0n) is 11.6. The van der Waals surface area contributed by atoms with E-state index in [-0.39, 0.29) is 0 Å². The zero-order chi connectivity index (χ0) is 13.8. The molecule has 106 valence electrons. The quantitative estimate of drug-likeness (QED) is 0.874. The molecular formula is C15H22BrClN2. The highest BCUT2D eigenvalue weighted by Gasteiger charge is 2.25. The lowest BCUT2D eigenvalue weighted by atomic mass is 9.93. The van der Waals surface area contributed by atoms with Crippen molar-refractivity contribution in [2.24, 2.45) is 5.92 Å². The third kappa shape index (κ3) is 3.87. The van der Waals surface area contributed by atoms with E-state index in [0.29, 0.717) is 12.0 Å². The predicted octanol–water partition coefficient (Wildman–Crippen LogP) is 4.32. The molecule has 2 rings (SSSR count). The van der Waals surface area contributed by atoms with E-state index in [0.717, 1.165) is 29.1 Å². The fourth-order valence-corrected chi connectivity index (χ4v) is 3.12. The van der Waals surface area contributed by atoms with E-state index in [1.165, 1.54) is 18.5 Å². The first-order valence-electron chi connectivity index (χ1n) is 7.05. The maximum Gasteiger partial charge on any atom is 0.0568 e. The van der Waals surface area contributed by atoms with Gasteiger partial charge in [0.05, 0.1) is 5.02 Å². The highest BCUT2D eigenvalue weighted by atomic mass is 79.9. The molecule has 19 heavy (non-hydrogen) atoms. The lowest BCUT2D eigenvalue weighted by Gasteiger charge is -2.38. The van der Waals surface area contributed by atoms with Crippen LogP contribution < -0.4 is 10.2 Å². The molecule has 0 bridgehead atoms. The van der Waals surface area contributed by atoms with E-state index in [1.807, 2.05) is 6.07 Å². The molecule has 0 aromatic heterocycles. The molecule has 0 saturated carbocycles. The van der Waals surface area contributed by atoms with Crippen LogP contribution in [0.5, 0.6) is 0 Å². The molecule has 0 spiro atoms. The van der Waals surface area contributed by atoms with E-state index in [9.17, 15) is 0 Å². The molecule has 1 fully saturated rings. The van der Waals surface area contributed by atoms with E-state index in [4.69, 9.17) is 11.6 Å². The van der Waals surface area contributed by atoms with Gasteiger partial charge in [0, 0.05) is 29.3 Å². The van der Waals surface area contributed by atoms with Crippen LogP contribution in [-0.4, -0.2) is 25.7 Å². The first-order chi connectivity index (χ1) is 9.11.